The summed E-state index contributed by atoms with van der Waals surface area (Å²) in [4.78, 5) is 25.0. The van der Waals surface area contributed by atoms with Crippen LogP contribution < -0.4 is 5.84 Å². The van der Waals surface area contributed by atoms with E-state index >= 15 is 0 Å². The molecule has 22 heavy (non-hydrogen) atoms. The molecule has 2 aromatic rings. The average Bonchev–Trinajstić information content (AvgIpc) is 2.94. The van der Waals surface area contributed by atoms with Gasteiger partial charge in [-0.2, -0.15) is 5.10 Å². The van der Waals surface area contributed by atoms with E-state index in [2.05, 4.69) is 10.1 Å². The van der Waals surface area contributed by atoms with Crippen molar-refractivity contribution in [3.63, 3.8) is 0 Å². The minimum Gasteiger partial charge on any atom is -0.358 e. The third-order valence-electron chi connectivity index (χ3n) is 3.40. The second kappa shape index (κ2) is 6.21. The maximum absolute atomic E-state index is 11.8. The van der Waals surface area contributed by atoms with Crippen LogP contribution in [0.25, 0.3) is 11.1 Å². The lowest BCUT2D eigenvalue weighted by Gasteiger charge is -2.07. The first-order chi connectivity index (χ1) is 10.5. The molecule has 0 atom stereocenters. The number of carbonyl (C=O) groups excluding carboxylic acids is 1. The van der Waals surface area contributed by atoms with E-state index in [9.17, 15) is 14.9 Å². The quantitative estimate of drug-likeness (QED) is 0.290. The van der Waals surface area contributed by atoms with Gasteiger partial charge in [-0.05, 0) is 24.1 Å². The van der Waals surface area contributed by atoms with Gasteiger partial charge in [-0.3, -0.25) is 14.9 Å². The number of benzene rings is 1. The first-order valence-electron chi connectivity index (χ1n) is 6.73. The highest BCUT2D eigenvalue weighted by molar-refractivity contribution is 6.13. The number of nitrogens with two attached hydrogens (primary N) is 1. The zero-order valence-corrected chi connectivity index (χ0v) is 12.3. The van der Waals surface area contributed by atoms with Crippen LogP contribution >= 0.6 is 0 Å². The van der Waals surface area contributed by atoms with Gasteiger partial charge in [0.25, 0.3) is 5.69 Å². The Hall–Kier alpha value is -2.96. The number of ketones is 1. The number of hydrogen-bond donors (Lipinski definition) is 2. The van der Waals surface area contributed by atoms with Gasteiger partial charge in [-0.1, -0.05) is 6.92 Å². The van der Waals surface area contributed by atoms with Gasteiger partial charge >= 0.3 is 0 Å². The smallest absolute Gasteiger partial charge is 0.269 e. The molecule has 2 rings (SSSR count). The maximum atomic E-state index is 11.8. The molecule has 7 nitrogen and oxygen atoms in total. The fourth-order valence-corrected chi connectivity index (χ4v) is 2.32. The van der Waals surface area contributed by atoms with Crippen molar-refractivity contribution in [2.24, 2.45) is 10.9 Å². The summed E-state index contributed by atoms with van der Waals surface area (Å²) in [6.45, 7) is 3.35. The number of H-pyrrole nitrogens is 1. The van der Waals surface area contributed by atoms with Crippen molar-refractivity contribution < 1.29 is 9.72 Å². The van der Waals surface area contributed by atoms with E-state index in [-0.39, 0.29) is 11.5 Å². The number of aromatic amines is 1. The Labute approximate surface area is 127 Å². The fourth-order valence-electron chi connectivity index (χ4n) is 2.32. The van der Waals surface area contributed by atoms with Crippen molar-refractivity contribution in [3.8, 4) is 11.1 Å². The number of nitrogens with one attached hydrogen (secondary N) is 1. The number of carbonyl (C=O) groups is 1. The normalized spacial score (nSPS) is 11.5. The van der Waals surface area contributed by atoms with Gasteiger partial charge in [0, 0.05) is 36.4 Å². The topological polar surface area (TPSA) is 114 Å². The Morgan fingerprint density at radius 2 is 2.00 bits per heavy atom. The largest absolute Gasteiger partial charge is 0.358 e. The summed E-state index contributed by atoms with van der Waals surface area (Å²) in [6.07, 6.45) is 2.25. The molecule has 0 unspecified atom stereocenters. The molecule has 7 heteroatoms. The van der Waals surface area contributed by atoms with Crippen LogP contribution in [0.15, 0.2) is 35.6 Å². The van der Waals surface area contributed by atoms with Crippen molar-refractivity contribution in [1.29, 1.82) is 0 Å². The third kappa shape index (κ3) is 2.73. The predicted molar refractivity (Wildman–Crippen MR) is 83.9 cm³/mol. The summed E-state index contributed by atoms with van der Waals surface area (Å²) in [5.41, 5.74) is 3.17. The minimum atomic E-state index is -0.457. The molecule has 0 saturated carbocycles. The number of non-ortho nitro benzene ring substituents is 1. The Morgan fingerprint density at radius 3 is 2.45 bits per heavy atom. The van der Waals surface area contributed by atoms with E-state index in [1.54, 1.807) is 18.3 Å². The SMILES string of the molecule is CCC(=NN)c1c(-c2ccc([N+](=O)[O-])cc2)c[nH]c1C(C)=O. The number of nitro groups is 1. The molecule has 1 heterocycles. The summed E-state index contributed by atoms with van der Waals surface area (Å²) in [7, 11) is 0. The molecule has 1 aromatic heterocycles. The van der Waals surface area contributed by atoms with E-state index in [1.807, 2.05) is 6.92 Å². The Bertz CT molecular complexity index is 745. The van der Waals surface area contributed by atoms with Crippen LogP contribution in [0.4, 0.5) is 5.69 Å². The minimum absolute atomic E-state index is 0.0100. The monoisotopic (exact) mass is 300 g/mol. The number of rotatable bonds is 5. The summed E-state index contributed by atoms with van der Waals surface area (Å²) in [6, 6.07) is 6.12. The van der Waals surface area contributed by atoms with Gasteiger partial charge in [-0.15, -0.1) is 0 Å². The average molecular weight is 300 g/mol. The molecular weight excluding hydrogens is 284 g/mol. The van der Waals surface area contributed by atoms with Crippen LogP contribution in [0, 0.1) is 10.1 Å². The van der Waals surface area contributed by atoms with Gasteiger partial charge in [-0.25, -0.2) is 0 Å². The molecule has 0 radical (unpaired) electrons. The fraction of sp³-hybridized carbons (Fsp3) is 0.200. The van der Waals surface area contributed by atoms with Gasteiger partial charge in [0.2, 0.25) is 0 Å². The molecule has 0 saturated heterocycles. The summed E-state index contributed by atoms with van der Waals surface area (Å²) >= 11 is 0. The van der Waals surface area contributed by atoms with E-state index in [0.717, 1.165) is 11.1 Å². The number of aromatic nitrogens is 1. The van der Waals surface area contributed by atoms with Crippen LogP contribution in [0.2, 0.25) is 0 Å². The number of Topliss-reactive ketones (excluding diaryl/α,β-unsaturated/α-hetero) is 1. The third-order valence-corrected chi connectivity index (χ3v) is 3.40. The highest BCUT2D eigenvalue weighted by Gasteiger charge is 2.20. The molecule has 0 bridgehead atoms. The van der Waals surface area contributed by atoms with Crippen LogP contribution in [-0.2, 0) is 0 Å². The van der Waals surface area contributed by atoms with Crippen molar-refractivity contribution >= 4 is 17.2 Å². The molecule has 0 fully saturated rings. The Balaban J connectivity index is 2.60. The summed E-state index contributed by atoms with van der Waals surface area (Å²) in [5.74, 6) is 5.30. The Morgan fingerprint density at radius 1 is 1.36 bits per heavy atom. The van der Waals surface area contributed by atoms with Crippen molar-refractivity contribution in [2.75, 3.05) is 0 Å². The van der Waals surface area contributed by atoms with Crippen LogP contribution in [0.3, 0.4) is 0 Å². The lowest BCUT2D eigenvalue weighted by molar-refractivity contribution is -0.384. The van der Waals surface area contributed by atoms with Crippen molar-refractivity contribution in [2.45, 2.75) is 20.3 Å². The first kappa shape index (κ1) is 15.4. The zero-order valence-electron chi connectivity index (χ0n) is 12.3. The molecule has 0 aliphatic heterocycles. The second-order valence-electron chi connectivity index (χ2n) is 4.74. The molecule has 1 aromatic carbocycles. The second-order valence-corrected chi connectivity index (χ2v) is 4.74. The van der Waals surface area contributed by atoms with Gasteiger partial charge in [0.05, 0.1) is 16.3 Å². The zero-order chi connectivity index (χ0) is 16.3. The predicted octanol–water partition coefficient (Wildman–Crippen LogP) is 2.87. The lowest BCUT2D eigenvalue weighted by Crippen LogP contribution is -2.09. The van der Waals surface area contributed by atoms with Crippen LogP contribution in [0.1, 0.15) is 36.3 Å². The molecule has 114 valence electrons. The number of nitrogens with zero attached hydrogens (tertiary/aromatic N) is 2. The highest BCUT2D eigenvalue weighted by atomic mass is 16.6. The van der Waals surface area contributed by atoms with Gasteiger partial charge in [0.1, 0.15) is 0 Å². The highest BCUT2D eigenvalue weighted by Crippen LogP contribution is 2.29. The van der Waals surface area contributed by atoms with E-state index in [4.69, 9.17) is 5.84 Å². The number of nitro benzene ring substituents is 1. The van der Waals surface area contributed by atoms with Gasteiger partial charge < -0.3 is 10.8 Å². The van der Waals surface area contributed by atoms with Crippen LogP contribution in [-0.4, -0.2) is 21.4 Å². The summed E-state index contributed by atoms with van der Waals surface area (Å²) < 4.78 is 0. The summed E-state index contributed by atoms with van der Waals surface area (Å²) in [5, 5.41) is 14.5. The molecular formula is C15H16N4O3. The maximum Gasteiger partial charge on any atom is 0.269 e. The first-order valence-corrected chi connectivity index (χ1v) is 6.73. The van der Waals surface area contributed by atoms with E-state index in [0.29, 0.717) is 23.4 Å². The van der Waals surface area contributed by atoms with Crippen molar-refractivity contribution in [1.82, 2.24) is 4.98 Å². The molecule has 0 spiro atoms. The molecule has 0 aliphatic rings. The van der Waals surface area contributed by atoms with E-state index in [1.165, 1.54) is 19.1 Å². The van der Waals surface area contributed by atoms with E-state index < -0.39 is 4.92 Å². The molecule has 0 aliphatic carbocycles. The number of hydrogen-bond acceptors (Lipinski definition) is 5. The lowest BCUT2D eigenvalue weighted by atomic mass is 9.97. The molecule has 0 amide bonds. The Kier molecular flexibility index (Phi) is 4.36. The number of hydrazone groups is 1. The van der Waals surface area contributed by atoms with Crippen LogP contribution in [0.5, 0.6) is 0 Å². The molecule has 3 N–H and O–H groups in total. The van der Waals surface area contributed by atoms with Gasteiger partial charge in [0.15, 0.2) is 5.78 Å². The standard InChI is InChI=1S/C15H16N4O3/c1-3-13(18-16)14-12(8-17-15(14)9(2)20)10-4-6-11(7-5-10)19(21)22/h4-8,17H,3,16H2,1-2H3. The van der Waals surface area contributed by atoms with Crippen molar-refractivity contribution in [3.05, 3.63) is 51.8 Å².